The van der Waals surface area contributed by atoms with Crippen LogP contribution >= 0.6 is 0 Å². The van der Waals surface area contributed by atoms with E-state index in [1.165, 1.54) is 6.07 Å². The number of benzene rings is 1. The van der Waals surface area contributed by atoms with Crippen LogP contribution in [0.2, 0.25) is 0 Å². The van der Waals surface area contributed by atoms with Gasteiger partial charge in [0.05, 0.1) is 12.7 Å². The summed E-state index contributed by atoms with van der Waals surface area (Å²) < 4.78 is 17.9. The third kappa shape index (κ3) is 1.03. The van der Waals surface area contributed by atoms with Gasteiger partial charge in [-0.1, -0.05) is 6.07 Å². The molecule has 0 radical (unpaired) electrons. The Balaban J connectivity index is 2.50. The second kappa shape index (κ2) is 2.31. The molecule has 0 saturated heterocycles. The predicted molar refractivity (Wildman–Crippen MR) is 39.6 cm³/mol. The lowest BCUT2D eigenvalue weighted by atomic mass is 10.1. The fraction of sp³-hybridized carbons (Fsp3) is 0.333. The van der Waals surface area contributed by atoms with Crippen LogP contribution in [0.25, 0.3) is 0 Å². The van der Waals surface area contributed by atoms with Crippen LogP contribution < -0.4 is 0 Å². The van der Waals surface area contributed by atoms with Crippen molar-refractivity contribution in [2.24, 2.45) is 0 Å². The summed E-state index contributed by atoms with van der Waals surface area (Å²) >= 11 is 0. The highest BCUT2D eigenvalue weighted by Crippen LogP contribution is 2.29. The Labute approximate surface area is 64.8 Å². The molecule has 58 valence electrons. The number of hydrogen-bond donors (Lipinski definition) is 0. The molecule has 0 aliphatic carbocycles. The molecule has 0 fully saturated rings. The van der Waals surface area contributed by atoms with E-state index in [0.29, 0.717) is 6.61 Å². The van der Waals surface area contributed by atoms with E-state index in [0.717, 1.165) is 11.1 Å². The van der Waals surface area contributed by atoms with Crippen molar-refractivity contribution in [2.45, 2.75) is 19.6 Å². The van der Waals surface area contributed by atoms with Gasteiger partial charge in [0.25, 0.3) is 0 Å². The molecule has 1 unspecified atom stereocenters. The Bertz CT molecular complexity index is 283. The van der Waals surface area contributed by atoms with Crippen molar-refractivity contribution in [1.29, 1.82) is 0 Å². The summed E-state index contributed by atoms with van der Waals surface area (Å²) in [6, 6.07) is 4.81. The lowest BCUT2D eigenvalue weighted by Gasteiger charge is -2.01. The molecule has 1 aromatic rings. The van der Waals surface area contributed by atoms with Crippen LogP contribution in [0.5, 0.6) is 0 Å². The second-order valence-electron chi connectivity index (χ2n) is 2.80. The van der Waals surface area contributed by atoms with Crippen molar-refractivity contribution in [3.05, 3.63) is 35.1 Å². The molecule has 0 aromatic heterocycles. The summed E-state index contributed by atoms with van der Waals surface area (Å²) in [6.07, 6.45) is 0.130. The number of rotatable bonds is 0. The van der Waals surface area contributed by atoms with E-state index in [4.69, 9.17) is 4.74 Å². The van der Waals surface area contributed by atoms with Gasteiger partial charge in [-0.05, 0) is 30.2 Å². The number of hydrogen-bond acceptors (Lipinski definition) is 1. The van der Waals surface area contributed by atoms with E-state index in [1.54, 1.807) is 12.1 Å². The smallest absolute Gasteiger partial charge is 0.123 e. The molecule has 1 aliphatic heterocycles. The van der Waals surface area contributed by atoms with Crippen molar-refractivity contribution in [1.82, 2.24) is 0 Å². The summed E-state index contributed by atoms with van der Waals surface area (Å²) in [6.45, 7) is 2.53. The summed E-state index contributed by atoms with van der Waals surface area (Å²) in [5, 5.41) is 0. The van der Waals surface area contributed by atoms with Crippen molar-refractivity contribution in [3.63, 3.8) is 0 Å². The molecule has 0 amide bonds. The maximum atomic E-state index is 12.6. The van der Waals surface area contributed by atoms with Crippen LogP contribution in [0.3, 0.4) is 0 Å². The van der Waals surface area contributed by atoms with Crippen LogP contribution in [0.15, 0.2) is 18.2 Å². The number of fused-ring (bicyclic) bond motifs is 1. The molecular formula is C9H9FO. The molecular weight excluding hydrogens is 143 g/mol. The van der Waals surface area contributed by atoms with E-state index in [2.05, 4.69) is 0 Å². The van der Waals surface area contributed by atoms with E-state index < -0.39 is 0 Å². The molecule has 0 bridgehead atoms. The Morgan fingerprint density at radius 1 is 1.55 bits per heavy atom. The first-order valence-corrected chi connectivity index (χ1v) is 3.67. The average Bonchev–Trinajstić information content (AvgIpc) is 2.32. The minimum atomic E-state index is -0.179. The molecule has 1 aliphatic rings. The first kappa shape index (κ1) is 6.80. The average molecular weight is 152 g/mol. The standard InChI is InChI=1S/C9H9FO/c1-6-9-3-2-8(10)4-7(9)5-11-6/h2-4,6H,5H2,1H3. The summed E-state index contributed by atoms with van der Waals surface area (Å²) in [5.74, 6) is -0.179. The van der Waals surface area contributed by atoms with Crippen LogP contribution in [0.4, 0.5) is 4.39 Å². The summed E-state index contributed by atoms with van der Waals surface area (Å²) in [5.41, 5.74) is 2.10. The first-order chi connectivity index (χ1) is 5.27. The second-order valence-corrected chi connectivity index (χ2v) is 2.80. The minimum absolute atomic E-state index is 0.130. The van der Waals surface area contributed by atoms with Crippen LogP contribution in [-0.4, -0.2) is 0 Å². The molecule has 1 aromatic carbocycles. The van der Waals surface area contributed by atoms with Gasteiger partial charge >= 0.3 is 0 Å². The highest BCUT2D eigenvalue weighted by Gasteiger charge is 2.18. The summed E-state index contributed by atoms with van der Waals surface area (Å²) in [7, 11) is 0. The zero-order chi connectivity index (χ0) is 7.84. The lowest BCUT2D eigenvalue weighted by molar-refractivity contribution is 0.0796. The lowest BCUT2D eigenvalue weighted by Crippen LogP contribution is -1.87. The molecule has 0 spiro atoms. The van der Waals surface area contributed by atoms with Gasteiger partial charge in [-0.15, -0.1) is 0 Å². The van der Waals surface area contributed by atoms with Crippen molar-refractivity contribution < 1.29 is 9.13 Å². The van der Waals surface area contributed by atoms with Crippen LogP contribution in [0.1, 0.15) is 24.2 Å². The number of ether oxygens (including phenoxy) is 1. The van der Waals surface area contributed by atoms with E-state index >= 15 is 0 Å². The number of halogens is 1. The van der Waals surface area contributed by atoms with Crippen molar-refractivity contribution in [2.75, 3.05) is 0 Å². The van der Waals surface area contributed by atoms with Gasteiger partial charge in [0.2, 0.25) is 0 Å². The highest BCUT2D eigenvalue weighted by atomic mass is 19.1. The van der Waals surface area contributed by atoms with Gasteiger partial charge in [-0.25, -0.2) is 4.39 Å². The van der Waals surface area contributed by atoms with Crippen LogP contribution in [0, 0.1) is 5.82 Å². The zero-order valence-electron chi connectivity index (χ0n) is 6.30. The minimum Gasteiger partial charge on any atom is -0.369 e. The molecule has 2 rings (SSSR count). The van der Waals surface area contributed by atoms with E-state index in [1.807, 2.05) is 6.92 Å². The van der Waals surface area contributed by atoms with Crippen molar-refractivity contribution in [3.8, 4) is 0 Å². The Morgan fingerprint density at radius 3 is 3.18 bits per heavy atom. The monoisotopic (exact) mass is 152 g/mol. The summed E-state index contributed by atoms with van der Waals surface area (Å²) in [4.78, 5) is 0. The maximum absolute atomic E-state index is 12.6. The van der Waals surface area contributed by atoms with E-state index in [-0.39, 0.29) is 11.9 Å². The fourth-order valence-corrected chi connectivity index (χ4v) is 1.40. The van der Waals surface area contributed by atoms with E-state index in [9.17, 15) is 4.39 Å². The van der Waals surface area contributed by atoms with Gasteiger partial charge in [0.15, 0.2) is 0 Å². The Morgan fingerprint density at radius 2 is 2.36 bits per heavy atom. The Kier molecular flexibility index (Phi) is 1.43. The zero-order valence-corrected chi connectivity index (χ0v) is 6.30. The highest BCUT2D eigenvalue weighted by molar-refractivity contribution is 5.31. The fourth-order valence-electron chi connectivity index (χ4n) is 1.40. The topological polar surface area (TPSA) is 9.23 Å². The molecule has 2 heteroatoms. The quantitative estimate of drug-likeness (QED) is 0.554. The molecule has 11 heavy (non-hydrogen) atoms. The normalized spacial score (nSPS) is 21.8. The molecule has 1 nitrogen and oxygen atoms in total. The Hall–Kier alpha value is -0.890. The van der Waals surface area contributed by atoms with Gasteiger partial charge in [-0.2, -0.15) is 0 Å². The van der Waals surface area contributed by atoms with Crippen LogP contribution in [-0.2, 0) is 11.3 Å². The van der Waals surface area contributed by atoms with Gasteiger partial charge in [0, 0.05) is 0 Å². The molecule has 1 heterocycles. The van der Waals surface area contributed by atoms with Crippen molar-refractivity contribution >= 4 is 0 Å². The molecule has 1 atom stereocenters. The van der Waals surface area contributed by atoms with Gasteiger partial charge < -0.3 is 4.74 Å². The third-order valence-electron chi connectivity index (χ3n) is 2.03. The predicted octanol–water partition coefficient (Wildman–Crippen LogP) is 2.42. The molecule has 0 saturated carbocycles. The maximum Gasteiger partial charge on any atom is 0.123 e. The first-order valence-electron chi connectivity index (χ1n) is 3.67. The molecule has 0 N–H and O–H groups in total. The van der Waals surface area contributed by atoms with Gasteiger partial charge in [-0.3, -0.25) is 0 Å². The SMILES string of the molecule is CC1OCc2cc(F)ccc21. The third-order valence-corrected chi connectivity index (χ3v) is 2.03. The largest absolute Gasteiger partial charge is 0.369 e. The van der Waals surface area contributed by atoms with Gasteiger partial charge in [0.1, 0.15) is 5.82 Å².